The molecule has 0 aliphatic heterocycles. The number of aromatic nitrogens is 1. The summed E-state index contributed by atoms with van der Waals surface area (Å²) >= 11 is 0. The van der Waals surface area contributed by atoms with Crippen LogP contribution in [0.2, 0.25) is 0 Å². The molecule has 0 spiro atoms. The molecule has 0 saturated carbocycles. The Morgan fingerprint density at radius 3 is 2.75 bits per heavy atom. The minimum atomic E-state index is -3.65. The molecule has 1 unspecified atom stereocenters. The first-order valence-electron chi connectivity index (χ1n) is 6.62. The van der Waals surface area contributed by atoms with Gasteiger partial charge in [-0.15, -0.1) is 0 Å². The van der Waals surface area contributed by atoms with Crippen molar-refractivity contribution in [2.75, 3.05) is 32.6 Å². The summed E-state index contributed by atoms with van der Waals surface area (Å²) in [7, 11) is -0.412. The number of ether oxygens (including phenoxy) is 1. The van der Waals surface area contributed by atoms with Gasteiger partial charge in [-0.25, -0.2) is 13.4 Å². The Morgan fingerprint density at radius 2 is 2.20 bits per heavy atom. The molecule has 0 radical (unpaired) electrons. The fourth-order valence-corrected chi connectivity index (χ4v) is 3.66. The second-order valence-corrected chi connectivity index (χ2v) is 6.28. The van der Waals surface area contributed by atoms with E-state index >= 15 is 0 Å². The van der Waals surface area contributed by atoms with Crippen molar-refractivity contribution in [3.05, 3.63) is 18.3 Å². The van der Waals surface area contributed by atoms with E-state index in [1.54, 1.807) is 26.3 Å². The first kappa shape index (κ1) is 16.9. The van der Waals surface area contributed by atoms with Gasteiger partial charge in [0.05, 0.1) is 12.3 Å². The monoisotopic (exact) mass is 301 g/mol. The first-order valence-corrected chi connectivity index (χ1v) is 8.06. The van der Waals surface area contributed by atoms with E-state index in [4.69, 9.17) is 4.74 Å². The van der Waals surface area contributed by atoms with Crippen LogP contribution in [-0.2, 0) is 14.8 Å². The molecule has 1 atom stereocenters. The summed E-state index contributed by atoms with van der Waals surface area (Å²) in [5, 5.41) is 2.92. The molecule has 0 saturated heterocycles. The van der Waals surface area contributed by atoms with Gasteiger partial charge in [0.15, 0.2) is 5.03 Å². The van der Waals surface area contributed by atoms with Crippen LogP contribution >= 0.6 is 0 Å². The summed E-state index contributed by atoms with van der Waals surface area (Å²) in [5.41, 5.74) is 0.498. The minimum Gasteiger partial charge on any atom is -0.386 e. The average molecular weight is 301 g/mol. The smallest absolute Gasteiger partial charge is 0.262 e. The van der Waals surface area contributed by atoms with E-state index in [1.807, 2.05) is 13.8 Å². The van der Waals surface area contributed by atoms with Crippen molar-refractivity contribution in [3.8, 4) is 0 Å². The number of methoxy groups -OCH3 is 1. The summed E-state index contributed by atoms with van der Waals surface area (Å²) in [6.45, 7) is 4.51. The Labute approximate surface area is 121 Å². The average Bonchev–Trinajstić information content (AvgIpc) is 2.46. The largest absolute Gasteiger partial charge is 0.386 e. The molecule has 7 heteroatoms. The molecule has 114 valence electrons. The van der Waals surface area contributed by atoms with Gasteiger partial charge in [-0.3, -0.25) is 0 Å². The first-order chi connectivity index (χ1) is 9.48. The van der Waals surface area contributed by atoms with Crippen LogP contribution in [0.15, 0.2) is 23.4 Å². The van der Waals surface area contributed by atoms with Crippen molar-refractivity contribution >= 4 is 15.7 Å². The van der Waals surface area contributed by atoms with E-state index < -0.39 is 10.0 Å². The number of anilines is 1. The summed E-state index contributed by atoms with van der Waals surface area (Å²) < 4.78 is 32.0. The van der Waals surface area contributed by atoms with Crippen molar-refractivity contribution in [3.63, 3.8) is 0 Å². The Bertz CT molecular complexity index is 519. The van der Waals surface area contributed by atoms with Gasteiger partial charge >= 0.3 is 0 Å². The molecular weight excluding hydrogens is 278 g/mol. The minimum absolute atomic E-state index is 0.0545. The number of rotatable bonds is 8. The summed E-state index contributed by atoms with van der Waals surface area (Å²) in [6, 6.07) is 3.29. The molecule has 1 heterocycles. The van der Waals surface area contributed by atoms with Crippen LogP contribution in [0.3, 0.4) is 0 Å². The second kappa shape index (κ2) is 7.56. The zero-order valence-corrected chi connectivity index (χ0v) is 13.3. The zero-order valence-electron chi connectivity index (χ0n) is 12.5. The second-order valence-electron chi connectivity index (χ2n) is 4.47. The van der Waals surface area contributed by atoms with E-state index in [0.29, 0.717) is 18.8 Å². The number of nitrogens with zero attached hydrogens (tertiary/aromatic N) is 2. The van der Waals surface area contributed by atoms with Gasteiger partial charge in [0, 0.05) is 32.9 Å². The molecule has 0 bridgehead atoms. The van der Waals surface area contributed by atoms with E-state index in [1.165, 1.54) is 10.5 Å². The van der Waals surface area contributed by atoms with Crippen molar-refractivity contribution in [2.24, 2.45) is 0 Å². The third-order valence-electron chi connectivity index (χ3n) is 3.19. The lowest BCUT2D eigenvalue weighted by molar-refractivity contribution is 0.167. The van der Waals surface area contributed by atoms with Crippen molar-refractivity contribution in [1.29, 1.82) is 0 Å². The number of sulfonamides is 1. The van der Waals surface area contributed by atoms with Gasteiger partial charge in [-0.05, 0) is 25.5 Å². The van der Waals surface area contributed by atoms with Crippen LogP contribution in [-0.4, -0.2) is 51.1 Å². The molecule has 1 N–H and O–H groups in total. The van der Waals surface area contributed by atoms with Gasteiger partial charge in [0.2, 0.25) is 0 Å². The normalized spacial score (nSPS) is 13.4. The molecule has 0 amide bonds. The quantitative estimate of drug-likeness (QED) is 0.789. The molecule has 0 fully saturated rings. The predicted octanol–water partition coefficient (Wildman–Crippen LogP) is 1.56. The highest BCUT2D eigenvalue weighted by Gasteiger charge is 2.31. The topological polar surface area (TPSA) is 71.5 Å². The molecular formula is C13H23N3O3S. The fourth-order valence-electron chi connectivity index (χ4n) is 1.86. The van der Waals surface area contributed by atoms with Crippen molar-refractivity contribution in [2.45, 2.75) is 31.3 Å². The lowest BCUT2D eigenvalue weighted by Gasteiger charge is -2.27. The van der Waals surface area contributed by atoms with Gasteiger partial charge < -0.3 is 10.1 Å². The standard InChI is InChI=1S/C13H23N3O3S/c1-5-11(2)16(9-10-19-4)20(17,18)13-12(14-3)7-6-8-15-13/h6-8,11,14H,5,9-10H2,1-4H3. The highest BCUT2D eigenvalue weighted by atomic mass is 32.2. The van der Waals surface area contributed by atoms with Crippen LogP contribution in [0.4, 0.5) is 5.69 Å². The Kier molecular flexibility index (Phi) is 6.38. The maximum atomic E-state index is 12.8. The molecule has 20 heavy (non-hydrogen) atoms. The van der Waals surface area contributed by atoms with Gasteiger partial charge in [-0.1, -0.05) is 6.92 Å². The molecule has 0 aliphatic rings. The van der Waals surface area contributed by atoms with Crippen molar-refractivity contribution in [1.82, 2.24) is 9.29 Å². The van der Waals surface area contributed by atoms with Crippen LogP contribution in [0, 0.1) is 0 Å². The molecule has 0 aliphatic carbocycles. The van der Waals surface area contributed by atoms with Gasteiger partial charge in [0.25, 0.3) is 10.0 Å². The van der Waals surface area contributed by atoms with Gasteiger partial charge in [-0.2, -0.15) is 4.31 Å². The molecule has 1 aromatic heterocycles. The molecule has 1 rings (SSSR count). The molecule has 1 aromatic rings. The Balaban J connectivity index is 3.21. The number of hydrogen-bond acceptors (Lipinski definition) is 5. The summed E-state index contributed by atoms with van der Waals surface area (Å²) in [6.07, 6.45) is 2.21. The highest BCUT2D eigenvalue weighted by molar-refractivity contribution is 7.89. The van der Waals surface area contributed by atoms with E-state index in [-0.39, 0.29) is 11.1 Å². The lowest BCUT2D eigenvalue weighted by atomic mass is 10.3. The van der Waals surface area contributed by atoms with Crippen LogP contribution in [0.25, 0.3) is 0 Å². The SMILES string of the molecule is CCC(C)N(CCOC)S(=O)(=O)c1ncccc1NC. The Hall–Kier alpha value is -1.18. The summed E-state index contributed by atoms with van der Waals surface area (Å²) in [4.78, 5) is 4.03. The zero-order chi connectivity index (χ0) is 15.2. The van der Waals surface area contributed by atoms with E-state index in [9.17, 15) is 8.42 Å². The van der Waals surface area contributed by atoms with E-state index in [2.05, 4.69) is 10.3 Å². The van der Waals surface area contributed by atoms with Gasteiger partial charge in [0.1, 0.15) is 0 Å². The number of pyridine rings is 1. The summed E-state index contributed by atoms with van der Waals surface area (Å²) in [5.74, 6) is 0. The molecule has 0 aromatic carbocycles. The lowest BCUT2D eigenvalue weighted by Crippen LogP contribution is -2.41. The fraction of sp³-hybridized carbons (Fsp3) is 0.615. The third kappa shape index (κ3) is 3.68. The maximum absolute atomic E-state index is 12.8. The van der Waals surface area contributed by atoms with Crippen LogP contribution in [0.5, 0.6) is 0 Å². The third-order valence-corrected chi connectivity index (χ3v) is 5.17. The molecule has 6 nitrogen and oxygen atoms in total. The van der Waals surface area contributed by atoms with Crippen LogP contribution < -0.4 is 5.32 Å². The predicted molar refractivity (Wildman–Crippen MR) is 79.3 cm³/mol. The highest BCUT2D eigenvalue weighted by Crippen LogP contribution is 2.23. The maximum Gasteiger partial charge on any atom is 0.262 e. The van der Waals surface area contributed by atoms with Crippen molar-refractivity contribution < 1.29 is 13.2 Å². The Morgan fingerprint density at radius 1 is 1.50 bits per heavy atom. The number of hydrogen-bond donors (Lipinski definition) is 1. The number of nitrogens with one attached hydrogen (secondary N) is 1. The van der Waals surface area contributed by atoms with E-state index in [0.717, 1.165) is 6.42 Å². The van der Waals surface area contributed by atoms with Crippen LogP contribution in [0.1, 0.15) is 20.3 Å².